The lowest BCUT2D eigenvalue weighted by Gasteiger charge is -2.20. The molecule has 0 radical (unpaired) electrons. The fraction of sp³-hybridized carbons (Fsp3) is 0.333. The fourth-order valence-corrected chi connectivity index (χ4v) is 0.327. The maximum Gasteiger partial charge on any atom is 0.159 e. The lowest BCUT2D eigenvalue weighted by molar-refractivity contribution is -1.22. The van der Waals surface area contributed by atoms with Crippen LogP contribution in [0.3, 0.4) is 0 Å². The van der Waals surface area contributed by atoms with Crippen molar-refractivity contribution >= 4 is 0 Å². The molecule has 4 nitrogen and oxygen atoms in total. The summed E-state index contributed by atoms with van der Waals surface area (Å²) in [5.41, 5.74) is 0. The highest BCUT2D eigenvalue weighted by molar-refractivity contribution is 4.55. The molecule has 1 atom stereocenters. The molecular weight excluding hydrogens is 132 g/mol. The molecule has 0 aromatic rings. The van der Waals surface area contributed by atoms with E-state index < -0.39 is 4.81 Å². The first-order valence-electron chi connectivity index (χ1n) is 2.79. The highest BCUT2D eigenvalue weighted by Gasteiger charge is 2.17. The van der Waals surface area contributed by atoms with E-state index in [-0.39, 0.29) is 0 Å². The summed E-state index contributed by atoms with van der Waals surface area (Å²) in [5, 5.41) is 10.4. The van der Waals surface area contributed by atoms with Gasteiger partial charge in [0.2, 0.25) is 0 Å². The maximum absolute atomic E-state index is 9.13. The van der Waals surface area contributed by atoms with E-state index in [1.54, 1.807) is 7.05 Å². The van der Waals surface area contributed by atoms with E-state index in [9.17, 15) is 0 Å². The second-order valence-electron chi connectivity index (χ2n) is 1.94. The van der Waals surface area contributed by atoms with Crippen LogP contribution in [0.1, 0.15) is 0 Å². The van der Waals surface area contributed by atoms with E-state index >= 15 is 0 Å². The van der Waals surface area contributed by atoms with Crippen molar-refractivity contribution < 1.29 is 15.0 Å². The first kappa shape index (κ1) is 9.16. The van der Waals surface area contributed by atoms with Crippen LogP contribution >= 0.6 is 0 Å². The normalized spacial score (nSPS) is 15.5. The van der Waals surface area contributed by atoms with Crippen LogP contribution in [-0.4, -0.2) is 29.2 Å². The van der Waals surface area contributed by atoms with Crippen LogP contribution in [0.4, 0.5) is 0 Å². The van der Waals surface area contributed by atoms with Gasteiger partial charge in [-0.3, -0.25) is 0 Å². The zero-order chi connectivity index (χ0) is 8.20. The number of hydrogen-bond acceptors (Lipinski definition) is 3. The van der Waals surface area contributed by atoms with Crippen molar-refractivity contribution in [2.75, 3.05) is 14.1 Å². The Balaban J connectivity index is 3.86. The van der Waals surface area contributed by atoms with E-state index in [1.807, 2.05) is 0 Å². The minimum atomic E-state index is -0.720. The lowest BCUT2D eigenvalue weighted by Crippen LogP contribution is -2.38. The molecule has 0 spiro atoms. The Bertz CT molecular complexity index is 134. The molecule has 0 aromatic heterocycles. The van der Waals surface area contributed by atoms with Crippen LogP contribution in [0.2, 0.25) is 0 Å². The van der Waals surface area contributed by atoms with Crippen molar-refractivity contribution in [3.8, 4) is 0 Å². The zero-order valence-corrected chi connectivity index (χ0v) is 6.32. The predicted octanol–water partition coefficient (Wildman–Crippen LogP) is 0.888. The number of rotatable bonds is 4. The topological polar surface area (TPSA) is 32.7 Å². The third kappa shape index (κ3) is 3.24. The lowest BCUT2D eigenvalue weighted by atomic mass is 10.9. The van der Waals surface area contributed by atoms with Gasteiger partial charge < -0.3 is 0 Å². The molecule has 0 aliphatic rings. The van der Waals surface area contributed by atoms with Gasteiger partial charge in [0.1, 0.15) is 7.05 Å². The quantitative estimate of drug-likeness (QED) is 0.471. The molecule has 0 aromatic carbocycles. The van der Waals surface area contributed by atoms with Gasteiger partial charge in [0.15, 0.2) is 6.20 Å². The first-order valence-corrected chi connectivity index (χ1v) is 2.79. The van der Waals surface area contributed by atoms with E-state index in [0.29, 0.717) is 0 Å². The third-order valence-corrected chi connectivity index (χ3v) is 0.890. The molecule has 0 heterocycles. The van der Waals surface area contributed by atoms with Gasteiger partial charge in [0.05, 0.1) is 0 Å². The number of hydroxylamine groups is 6. The molecule has 0 amide bonds. The number of quaternary nitrogens is 1. The molecule has 0 aliphatic carbocycles. The summed E-state index contributed by atoms with van der Waals surface area (Å²) in [6, 6.07) is 0. The van der Waals surface area contributed by atoms with Gasteiger partial charge >= 0.3 is 0 Å². The molecular formula is C6H13N2O2+. The molecule has 0 saturated heterocycles. The molecule has 1 unspecified atom stereocenters. The molecule has 10 heavy (non-hydrogen) atoms. The van der Waals surface area contributed by atoms with E-state index in [0.717, 1.165) is 0 Å². The van der Waals surface area contributed by atoms with Crippen LogP contribution in [0.15, 0.2) is 25.6 Å². The van der Waals surface area contributed by atoms with Crippen LogP contribution in [0.25, 0.3) is 0 Å². The predicted molar refractivity (Wildman–Crippen MR) is 37.2 cm³/mol. The Morgan fingerprint density at radius 3 is 2.40 bits per heavy atom. The Hall–Kier alpha value is -0.840. The number of nitrogens with zero attached hydrogens (tertiary/aromatic N) is 2. The highest BCUT2D eigenvalue weighted by atomic mass is 17.0. The molecule has 0 rings (SSSR count). The van der Waals surface area contributed by atoms with Crippen molar-refractivity contribution in [2.45, 2.75) is 0 Å². The summed E-state index contributed by atoms with van der Waals surface area (Å²) in [5.74, 6) is 0. The van der Waals surface area contributed by atoms with Gasteiger partial charge in [0, 0.05) is 18.1 Å². The standard InChI is InChI=1S/C6H13N2O2/c1-5-7(3)10-8(4,9)6-2/h5-6,9H,1-2H2,3-4H3/q+1. The summed E-state index contributed by atoms with van der Waals surface area (Å²) in [6.07, 6.45) is 2.66. The van der Waals surface area contributed by atoms with Gasteiger partial charge in [-0.1, -0.05) is 6.58 Å². The first-order chi connectivity index (χ1) is 4.52. The van der Waals surface area contributed by atoms with Gasteiger partial charge in [-0.15, -0.1) is 0 Å². The molecule has 0 bridgehead atoms. The van der Waals surface area contributed by atoms with E-state index in [1.165, 1.54) is 24.5 Å². The van der Waals surface area contributed by atoms with Crippen LogP contribution in [0, 0.1) is 0 Å². The summed E-state index contributed by atoms with van der Waals surface area (Å²) >= 11 is 0. The summed E-state index contributed by atoms with van der Waals surface area (Å²) in [4.78, 5) is 4.11. The second-order valence-corrected chi connectivity index (χ2v) is 1.94. The summed E-state index contributed by atoms with van der Waals surface area (Å²) in [6.45, 7) is 6.78. The smallest absolute Gasteiger partial charge is 0.159 e. The highest BCUT2D eigenvalue weighted by Crippen LogP contribution is 2.00. The van der Waals surface area contributed by atoms with Gasteiger partial charge in [-0.25, -0.2) is 5.06 Å². The molecule has 0 fully saturated rings. The van der Waals surface area contributed by atoms with E-state index in [4.69, 9.17) is 10.1 Å². The van der Waals surface area contributed by atoms with Gasteiger partial charge in [0.25, 0.3) is 0 Å². The third-order valence-electron chi connectivity index (χ3n) is 0.890. The molecule has 4 heteroatoms. The Morgan fingerprint density at radius 1 is 1.60 bits per heavy atom. The average molecular weight is 145 g/mol. The fourth-order valence-electron chi connectivity index (χ4n) is 0.327. The summed E-state index contributed by atoms with van der Waals surface area (Å²) in [7, 11) is 3.04. The minimum Gasteiger partial charge on any atom is -0.209 e. The van der Waals surface area contributed by atoms with Crippen molar-refractivity contribution in [3.05, 3.63) is 25.6 Å². The maximum atomic E-state index is 9.13. The largest absolute Gasteiger partial charge is 0.209 e. The van der Waals surface area contributed by atoms with Crippen molar-refractivity contribution in [1.29, 1.82) is 0 Å². The van der Waals surface area contributed by atoms with Crippen molar-refractivity contribution in [2.24, 2.45) is 0 Å². The average Bonchev–Trinajstić information content (AvgIpc) is 1.87. The molecule has 0 aliphatic heterocycles. The van der Waals surface area contributed by atoms with Crippen LogP contribution in [-0.2, 0) is 4.94 Å². The Labute approximate surface area is 60.7 Å². The monoisotopic (exact) mass is 145 g/mol. The second kappa shape index (κ2) is 3.36. The van der Waals surface area contributed by atoms with Crippen LogP contribution < -0.4 is 0 Å². The van der Waals surface area contributed by atoms with Crippen molar-refractivity contribution in [1.82, 2.24) is 5.06 Å². The Kier molecular flexibility index (Phi) is 3.08. The zero-order valence-electron chi connectivity index (χ0n) is 6.32. The summed E-state index contributed by atoms with van der Waals surface area (Å²) < 4.78 is 0. The SMILES string of the molecule is C=CN(C)O[N+](C)(O)C=C. The minimum absolute atomic E-state index is 0.720. The number of hydrogen-bond donors (Lipinski definition) is 1. The molecule has 1 N–H and O–H groups in total. The molecule has 0 saturated carbocycles. The molecule has 58 valence electrons. The van der Waals surface area contributed by atoms with Gasteiger partial charge in [-0.2, -0.15) is 5.21 Å². The van der Waals surface area contributed by atoms with Crippen molar-refractivity contribution in [3.63, 3.8) is 0 Å². The van der Waals surface area contributed by atoms with Crippen LogP contribution in [0.5, 0.6) is 0 Å². The van der Waals surface area contributed by atoms with Gasteiger partial charge in [-0.05, 0) is 11.5 Å². The Morgan fingerprint density at radius 2 is 2.10 bits per heavy atom. The van der Waals surface area contributed by atoms with E-state index in [2.05, 4.69) is 13.2 Å².